The van der Waals surface area contributed by atoms with Crippen LogP contribution >= 0.6 is 0 Å². The number of rotatable bonds is 6. The molecule has 0 spiro atoms. The molecule has 4 rings (SSSR count). The van der Waals surface area contributed by atoms with Crippen molar-refractivity contribution >= 4 is 20.9 Å². The van der Waals surface area contributed by atoms with Crippen LogP contribution in [-0.2, 0) is 23.1 Å². The quantitative estimate of drug-likeness (QED) is 0.618. The average molecular weight is 441 g/mol. The normalized spacial score (nSPS) is 14.7. The van der Waals surface area contributed by atoms with Crippen LogP contribution in [-0.4, -0.2) is 23.2 Å². The number of fused-ring (bicyclic) bond motifs is 1. The van der Waals surface area contributed by atoms with Crippen LogP contribution in [0.25, 0.3) is 22.2 Å². The number of benzene rings is 1. The summed E-state index contributed by atoms with van der Waals surface area (Å²) in [4.78, 5) is 4.23. The van der Waals surface area contributed by atoms with Gasteiger partial charge in [-0.15, -0.1) is 0 Å². The molecule has 0 saturated heterocycles. The summed E-state index contributed by atoms with van der Waals surface area (Å²) in [6.07, 6.45) is 4.79. The molecular weight excluding hydrogens is 415 g/mol. The van der Waals surface area contributed by atoms with Crippen LogP contribution < -0.4 is 4.72 Å². The Morgan fingerprint density at radius 2 is 2.06 bits per heavy atom. The SMILES string of the molecule is CC(C)(C)Cn1cc(CNS(=O)(=O)C2CC2)c2cc(F)c(-c3ncccc3C#N)cc21. The van der Waals surface area contributed by atoms with Crippen molar-refractivity contribution in [2.75, 3.05) is 0 Å². The van der Waals surface area contributed by atoms with Crippen LogP contribution in [0.3, 0.4) is 0 Å². The fourth-order valence-electron chi connectivity index (χ4n) is 3.73. The Labute approximate surface area is 181 Å². The van der Waals surface area contributed by atoms with E-state index in [-0.39, 0.29) is 22.8 Å². The third-order valence-corrected chi connectivity index (χ3v) is 7.20. The summed E-state index contributed by atoms with van der Waals surface area (Å²) in [6.45, 7) is 7.08. The van der Waals surface area contributed by atoms with Gasteiger partial charge in [0.25, 0.3) is 0 Å². The number of pyridine rings is 1. The second-order valence-electron chi connectivity index (χ2n) is 9.27. The van der Waals surface area contributed by atoms with Gasteiger partial charge in [0, 0.05) is 41.9 Å². The molecule has 1 fully saturated rings. The standard InChI is InChI=1S/C23H25FN4O2S/c1-23(2,3)14-28-13-16(12-27-31(29,30)17-6-7-17)18-9-20(24)19(10-21(18)28)22-15(11-25)5-4-8-26-22/h4-5,8-10,13,17,27H,6-7,12,14H2,1-3H3. The summed E-state index contributed by atoms with van der Waals surface area (Å²) in [5, 5.41) is 9.75. The number of nitrogens with zero attached hydrogens (tertiary/aromatic N) is 3. The second-order valence-corrected chi connectivity index (χ2v) is 11.3. The monoisotopic (exact) mass is 440 g/mol. The zero-order chi connectivity index (χ0) is 22.4. The van der Waals surface area contributed by atoms with Crippen LogP contribution in [0.4, 0.5) is 4.39 Å². The van der Waals surface area contributed by atoms with E-state index in [4.69, 9.17) is 0 Å². The molecule has 0 aliphatic heterocycles. The topological polar surface area (TPSA) is 87.8 Å². The average Bonchev–Trinajstić information content (AvgIpc) is 3.51. The molecule has 1 aromatic carbocycles. The number of aromatic nitrogens is 2. The first-order chi connectivity index (χ1) is 14.6. The minimum Gasteiger partial charge on any atom is -0.347 e. The molecule has 0 unspecified atom stereocenters. The summed E-state index contributed by atoms with van der Waals surface area (Å²) in [6, 6.07) is 8.45. The Hall–Kier alpha value is -2.76. The maximum absolute atomic E-state index is 15.2. The molecule has 3 aromatic rings. The van der Waals surface area contributed by atoms with Crippen LogP contribution in [0.1, 0.15) is 44.7 Å². The molecule has 8 heteroatoms. The predicted molar refractivity (Wildman–Crippen MR) is 118 cm³/mol. The van der Waals surface area contributed by atoms with Crippen molar-refractivity contribution in [1.29, 1.82) is 5.26 Å². The Balaban J connectivity index is 1.83. The first kappa shape index (κ1) is 21.5. The fraction of sp³-hybridized carbons (Fsp3) is 0.391. The molecule has 2 heterocycles. The molecule has 162 valence electrons. The lowest BCUT2D eigenvalue weighted by molar-refractivity contribution is 0.349. The van der Waals surface area contributed by atoms with Gasteiger partial charge in [0.1, 0.15) is 11.9 Å². The van der Waals surface area contributed by atoms with Gasteiger partial charge in [-0.2, -0.15) is 5.26 Å². The highest BCUT2D eigenvalue weighted by atomic mass is 32.2. The highest BCUT2D eigenvalue weighted by Gasteiger charge is 2.35. The molecule has 1 aliphatic rings. The van der Waals surface area contributed by atoms with E-state index in [0.29, 0.717) is 36.0 Å². The van der Waals surface area contributed by atoms with Gasteiger partial charge in [0.15, 0.2) is 0 Å². The lowest BCUT2D eigenvalue weighted by Crippen LogP contribution is -2.26. The Morgan fingerprint density at radius 1 is 1.32 bits per heavy atom. The number of hydrogen-bond donors (Lipinski definition) is 1. The minimum atomic E-state index is -3.35. The number of sulfonamides is 1. The van der Waals surface area contributed by atoms with Crippen molar-refractivity contribution < 1.29 is 12.8 Å². The van der Waals surface area contributed by atoms with E-state index in [1.165, 1.54) is 12.3 Å². The lowest BCUT2D eigenvalue weighted by Gasteiger charge is -2.20. The van der Waals surface area contributed by atoms with Gasteiger partial charge >= 0.3 is 0 Å². The van der Waals surface area contributed by atoms with Crippen LogP contribution in [0.2, 0.25) is 0 Å². The van der Waals surface area contributed by atoms with Crippen molar-refractivity contribution in [1.82, 2.24) is 14.3 Å². The van der Waals surface area contributed by atoms with Crippen LogP contribution in [0.15, 0.2) is 36.7 Å². The van der Waals surface area contributed by atoms with E-state index in [9.17, 15) is 13.7 Å². The minimum absolute atomic E-state index is 0.0475. The Morgan fingerprint density at radius 3 is 2.71 bits per heavy atom. The molecule has 1 N–H and O–H groups in total. The van der Waals surface area contributed by atoms with E-state index in [0.717, 1.165) is 11.1 Å². The maximum Gasteiger partial charge on any atom is 0.214 e. The van der Waals surface area contributed by atoms with E-state index >= 15 is 4.39 Å². The Kier molecular flexibility index (Phi) is 5.36. The van der Waals surface area contributed by atoms with Crippen molar-refractivity contribution in [3.05, 3.63) is 53.6 Å². The first-order valence-corrected chi connectivity index (χ1v) is 11.8. The molecule has 1 aliphatic carbocycles. The molecule has 0 radical (unpaired) electrons. The highest BCUT2D eigenvalue weighted by molar-refractivity contribution is 7.90. The summed E-state index contributed by atoms with van der Waals surface area (Å²) >= 11 is 0. The van der Waals surface area contributed by atoms with Gasteiger partial charge in [-0.25, -0.2) is 17.5 Å². The van der Waals surface area contributed by atoms with Gasteiger partial charge in [0.2, 0.25) is 10.0 Å². The molecule has 0 bridgehead atoms. The largest absolute Gasteiger partial charge is 0.347 e. The van der Waals surface area contributed by atoms with Crippen LogP contribution in [0, 0.1) is 22.6 Å². The number of nitriles is 1. The molecule has 6 nitrogen and oxygen atoms in total. The summed E-state index contributed by atoms with van der Waals surface area (Å²) in [5.74, 6) is -0.498. The van der Waals surface area contributed by atoms with Crippen molar-refractivity contribution in [2.45, 2.75) is 52.0 Å². The first-order valence-electron chi connectivity index (χ1n) is 10.2. The molecule has 1 saturated carbocycles. The summed E-state index contributed by atoms with van der Waals surface area (Å²) in [7, 11) is -3.35. The van der Waals surface area contributed by atoms with Gasteiger partial charge in [-0.05, 0) is 48.1 Å². The predicted octanol–water partition coefficient (Wildman–Crippen LogP) is 4.34. The number of nitrogens with one attached hydrogen (secondary N) is 1. The zero-order valence-corrected chi connectivity index (χ0v) is 18.6. The molecule has 2 aromatic heterocycles. The maximum atomic E-state index is 15.2. The van der Waals surface area contributed by atoms with E-state index in [1.807, 2.05) is 10.8 Å². The number of halogens is 1. The van der Waals surface area contributed by atoms with Gasteiger partial charge in [-0.1, -0.05) is 20.8 Å². The Bertz CT molecular complexity index is 1300. The molecule has 0 amide bonds. The third kappa shape index (κ3) is 4.48. The zero-order valence-electron chi connectivity index (χ0n) is 17.8. The van der Waals surface area contributed by atoms with Crippen molar-refractivity contribution in [3.8, 4) is 17.3 Å². The van der Waals surface area contributed by atoms with Crippen molar-refractivity contribution in [3.63, 3.8) is 0 Å². The fourth-order valence-corrected chi connectivity index (χ4v) is 5.08. The molecular formula is C23H25FN4O2S. The summed E-state index contributed by atoms with van der Waals surface area (Å²) < 4.78 is 44.4. The number of hydrogen-bond acceptors (Lipinski definition) is 4. The van der Waals surface area contributed by atoms with Crippen LogP contribution in [0.5, 0.6) is 0 Å². The third-order valence-electron chi connectivity index (χ3n) is 5.31. The molecule has 31 heavy (non-hydrogen) atoms. The van der Waals surface area contributed by atoms with Crippen molar-refractivity contribution in [2.24, 2.45) is 5.41 Å². The van der Waals surface area contributed by atoms with E-state index < -0.39 is 15.8 Å². The van der Waals surface area contributed by atoms with E-state index in [2.05, 4.69) is 36.5 Å². The second kappa shape index (κ2) is 7.74. The van der Waals surface area contributed by atoms with Gasteiger partial charge in [0.05, 0.1) is 16.5 Å². The lowest BCUT2D eigenvalue weighted by atomic mass is 9.97. The summed E-state index contributed by atoms with van der Waals surface area (Å²) in [5.41, 5.74) is 2.30. The van der Waals surface area contributed by atoms with Gasteiger partial charge in [-0.3, -0.25) is 4.98 Å². The van der Waals surface area contributed by atoms with Gasteiger partial charge < -0.3 is 4.57 Å². The smallest absolute Gasteiger partial charge is 0.214 e. The highest BCUT2D eigenvalue weighted by Crippen LogP contribution is 2.33. The molecule has 0 atom stereocenters. The van der Waals surface area contributed by atoms with E-state index in [1.54, 1.807) is 18.2 Å².